The van der Waals surface area contributed by atoms with Gasteiger partial charge in [0.2, 0.25) is 5.82 Å². The molecule has 1 unspecified atom stereocenters. The van der Waals surface area contributed by atoms with Gasteiger partial charge in [-0.2, -0.15) is 4.98 Å². The maximum atomic E-state index is 5.69. The highest BCUT2D eigenvalue weighted by Crippen LogP contribution is 2.26. The fourth-order valence-electron chi connectivity index (χ4n) is 2.19. The number of hydrogen-bond acceptors (Lipinski definition) is 5. The summed E-state index contributed by atoms with van der Waals surface area (Å²) in [5.41, 5.74) is 7.66. The lowest BCUT2D eigenvalue weighted by atomic mass is 10.1. The number of rotatable bonds is 7. The number of aromatic nitrogens is 2. The molecular formula is C16H23N3O2. The number of nitrogens with two attached hydrogens (primary N) is 1. The molecule has 1 aromatic heterocycles. The van der Waals surface area contributed by atoms with Crippen LogP contribution in [0.1, 0.15) is 38.3 Å². The molecule has 0 radical (unpaired) electrons. The first kappa shape index (κ1) is 15.7. The van der Waals surface area contributed by atoms with Gasteiger partial charge in [-0.3, -0.25) is 0 Å². The van der Waals surface area contributed by atoms with Crippen LogP contribution in [0.5, 0.6) is 0 Å². The Morgan fingerprint density at radius 3 is 2.52 bits per heavy atom. The van der Waals surface area contributed by atoms with Crippen LogP contribution in [0.4, 0.5) is 0 Å². The van der Waals surface area contributed by atoms with E-state index in [9.17, 15) is 0 Å². The van der Waals surface area contributed by atoms with E-state index >= 15 is 0 Å². The fourth-order valence-corrected chi connectivity index (χ4v) is 2.19. The maximum absolute atomic E-state index is 5.69. The van der Waals surface area contributed by atoms with Crippen molar-refractivity contribution in [3.63, 3.8) is 0 Å². The molecular weight excluding hydrogens is 266 g/mol. The predicted octanol–water partition coefficient (Wildman–Crippen LogP) is 2.97. The lowest BCUT2D eigenvalue weighted by Crippen LogP contribution is -2.12. The SMILES string of the molecule is CCOC(c1noc(-c2ccc(CCN)cc2)n1)C(C)C. The third-order valence-electron chi connectivity index (χ3n) is 3.28. The van der Waals surface area contributed by atoms with Gasteiger partial charge in [0.1, 0.15) is 6.10 Å². The quantitative estimate of drug-likeness (QED) is 0.848. The molecule has 2 N–H and O–H groups in total. The minimum Gasteiger partial charge on any atom is -0.370 e. The minimum absolute atomic E-state index is 0.135. The van der Waals surface area contributed by atoms with Crippen LogP contribution >= 0.6 is 0 Å². The van der Waals surface area contributed by atoms with E-state index in [0.29, 0.717) is 30.8 Å². The third kappa shape index (κ3) is 3.89. The fraction of sp³-hybridized carbons (Fsp3) is 0.500. The van der Waals surface area contributed by atoms with Crippen LogP contribution in [-0.2, 0) is 11.2 Å². The van der Waals surface area contributed by atoms with Gasteiger partial charge < -0.3 is 15.0 Å². The Balaban J connectivity index is 2.18. The molecule has 0 amide bonds. The molecule has 114 valence electrons. The van der Waals surface area contributed by atoms with Gasteiger partial charge in [-0.1, -0.05) is 31.1 Å². The molecule has 2 rings (SSSR count). The van der Waals surface area contributed by atoms with E-state index in [-0.39, 0.29) is 6.10 Å². The van der Waals surface area contributed by atoms with E-state index in [1.165, 1.54) is 5.56 Å². The van der Waals surface area contributed by atoms with Crippen molar-refractivity contribution in [2.45, 2.75) is 33.3 Å². The highest BCUT2D eigenvalue weighted by molar-refractivity contribution is 5.53. The summed E-state index contributed by atoms with van der Waals surface area (Å²) < 4.78 is 11.1. The van der Waals surface area contributed by atoms with Crippen LogP contribution < -0.4 is 5.73 Å². The van der Waals surface area contributed by atoms with Crippen LogP contribution in [-0.4, -0.2) is 23.3 Å². The van der Waals surface area contributed by atoms with E-state index in [1.54, 1.807) is 0 Å². The second-order valence-electron chi connectivity index (χ2n) is 5.31. The molecule has 0 aliphatic heterocycles. The molecule has 1 heterocycles. The Labute approximate surface area is 125 Å². The number of hydrogen-bond donors (Lipinski definition) is 1. The molecule has 1 atom stereocenters. The monoisotopic (exact) mass is 289 g/mol. The Morgan fingerprint density at radius 2 is 1.95 bits per heavy atom. The lowest BCUT2D eigenvalue weighted by molar-refractivity contribution is 0.0217. The van der Waals surface area contributed by atoms with E-state index in [0.717, 1.165) is 12.0 Å². The van der Waals surface area contributed by atoms with Crippen molar-refractivity contribution in [1.82, 2.24) is 10.1 Å². The molecule has 0 spiro atoms. The normalized spacial score (nSPS) is 12.8. The largest absolute Gasteiger partial charge is 0.370 e. The van der Waals surface area contributed by atoms with Gasteiger partial charge >= 0.3 is 0 Å². The van der Waals surface area contributed by atoms with Crippen LogP contribution in [0, 0.1) is 5.92 Å². The first-order chi connectivity index (χ1) is 10.2. The van der Waals surface area contributed by atoms with Crippen molar-refractivity contribution < 1.29 is 9.26 Å². The summed E-state index contributed by atoms with van der Waals surface area (Å²) in [7, 11) is 0. The van der Waals surface area contributed by atoms with E-state index < -0.39 is 0 Å². The van der Waals surface area contributed by atoms with Crippen LogP contribution in [0.15, 0.2) is 28.8 Å². The predicted molar refractivity (Wildman–Crippen MR) is 81.7 cm³/mol. The molecule has 0 aliphatic carbocycles. The highest BCUT2D eigenvalue weighted by Gasteiger charge is 2.22. The zero-order valence-electron chi connectivity index (χ0n) is 12.9. The molecule has 5 heteroatoms. The minimum atomic E-state index is -0.135. The van der Waals surface area contributed by atoms with Crippen LogP contribution in [0.25, 0.3) is 11.5 Å². The smallest absolute Gasteiger partial charge is 0.258 e. The Kier molecular flexibility index (Phi) is 5.47. The topological polar surface area (TPSA) is 74.2 Å². The maximum Gasteiger partial charge on any atom is 0.258 e. The second-order valence-corrected chi connectivity index (χ2v) is 5.31. The van der Waals surface area contributed by atoms with Gasteiger partial charge in [-0.05, 0) is 43.5 Å². The van der Waals surface area contributed by atoms with Gasteiger partial charge in [0.25, 0.3) is 5.89 Å². The summed E-state index contributed by atoms with van der Waals surface area (Å²) in [5, 5.41) is 4.06. The van der Waals surface area contributed by atoms with Gasteiger partial charge in [-0.25, -0.2) is 0 Å². The highest BCUT2D eigenvalue weighted by atomic mass is 16.5. The third-order valence-corrected chi connectivity index (χ3v) is 3.28. The molecule has 0 saturated carbocycles. The van der Waals surface area contributed by atoms with E-state index in [1.807, 2.05) is 31.2 Å². The molecule has 2 aromatic rings. The molecule has 0 saturated heterocycles. The van der Waals surface area contributed by atoms with Crippen molar-refractivity contribution in [3.8, 4) is 11.5 Å². The first-order valence-corrected chi connectivity index (χ1v) is 7.40. The van der Waals surface area contributed by atoms with Crippen molar-refractivity contribution in [3.05, 3.63) is 35.7 Å². The summed E-state index contributed by atoms with van der Waals surface area (Å²) in [5.74, 6) is 1.42. The molecule has 21 heavy (non-hydrogen) atoms. The summed E-state index contributed by atoms with van der Waals surface area (Å²) in [4.78, 5) is 4.47. The van der Waals surface area contributed by atoms with Gasteiger partial charge in [-0.15, -0.1) is 0 Å². The zero-order chi connectivity index (χ0) is 15.2. The zero-order valence-corrected chi connectivity index (χ0v) is 12.9. The first-order valence-electron chi connectivity index (χ1n) is 7.40. The summed E-state index contributed by atoms with van der Waals surface area (Å²) in [6.07, 6.45) is 0.735. The van der Waals surface area contributed by atoms with E-state index in [4.69, 9.17) is 15.0 Å². The van der Waals surface area contributed by atoms with Crippen LogP contribution in [0.3, 0.4) is 0 Å². The molecule has 5 nitrogen and oxygen atoms in total. The van der Waals surface area contributed by atoms with Crippen LogP contribution in [0.2, 0.25) is 0 Å². The summed E-state index contributed by atoms with van der Waals surface area (Å²) in [6.45, 7) is 7.40. The summed E-state index contributed by atoms with van der Waals surface area (Å²) >= 11 is 0. The Bertz CT molecular complexity index is 549. The van der Waals surface area contributed by atoms with Crippen molar-refractivity contribution >= 4 is 0 Å². The van der Waals surface area contributed by atoms with Gasteiger partial charge in [0.15, 0.2) is 0 Å². The van der Waals surface area contributed by atoms with Gasteiger partial charge in [0, 0.05) is 12.2 Å². The van der Waals surface area contributed by atoms with Crippen molar-refractivity contribution in [1.29, 1.82) is 0 Å². The lowest BCUT2D eigenvalue weighted by Gasteiger charge is -2.16. The average Bonchev–Trinajstić information content (AvgIpc) is 2.95. The Morgan fingerprint density at radius 1 is 1.24 bits per heavy atom. The molecule has 1 aromatic carbocycles. The van der Waals surface area contributed by atoms with Gasteiger partial charge in [0.05, 0.1) is 0 Å². The average molecular weight is 289 g/mol. The molecule has 0 aliphatic rings. The Hall–Kier alpha value is -1.72. The molecule has 0 bridgehead atoms. The van der Waals surface area contributed by atoms with E-state index in [2.05, 4.69) is 24.0 Å². The number of nitrogens with zero attached hydrogens (tertiary/aromatic N) is 2. The second kappa shape index (κ2) is 7.33. The standard InChI is InChI=1S/C16H23N3O2/c1-4-20-14(11(2)3)15-18-16(21-19-15)13-7-5-12(6-8-13)9-10-17/h5-8,11,14H,4,9-10,17H2,1-3H3. The van der Waals surface area contributed by atoms with Crippen molar-refractivity contribution in [2.24, 2.45) is 11.7 Å². The number of benzene rings is 1. The summed E-state index contributed by atoms with van der Waals surface area (Å²) in [6, 6.07) is 8.03. The number of ether oxygens (including phenoxy) is 1. The van der Waals surface area contributed by atoms with Crippen molar-refractivity contribution in [2.75, 3.05) is 13.2 Å². The molecule has 0 fully saturated rings.